The summed E-state index contributed by atoms with van der Waals surface area (Å²) in [5.41, 5.74) is 0. The molecule has 0 bridgehead atoms. The molecule has 1 N–H and O–H groups in total. The summed E-state index contributed by atoms with van der Waals surface area (Å²) in [5, 5.41) is 7.95. The highest BCUT2D eigenvalue weighted by Crippen LogP contribution is 2.05. The third kappa shape index (κ3) is 3.73. The van der Waals surface area contributed by atoms with E-state index in [1.807, 2.05) is 0 Å². The largest absolute Gasteiger partial charge is 0.301 e. The summed E-state index contributed by atoms with van der Waals surface area (Å²) in [4.78, 5) is 0. The zero-order valence-electron chi connectivity index (χ0n) is 7.47. The van der Waals surface area contributed by atoms with E-state index in [2.05, 4.69) is 17.6 Å². The fourth-order valence-electron chi connectivity index (χ4n) is 1.40. The molecule has 11 heavy (non-hydrogen) atoms. The zero-order chi connectivity index (χ0) is 7.94. The smallest absolute Gasteiger partial charge is 0.0735 e. The molecule has 2 heteroatoms. The van der Waals surface area contributed by atoms with Crippen molar-refractivity contribution < 1.29 is 0 Å². The molecule has 1 saturated heterocycles. The molecule has 0 aromatic rings. The monoisotopic (exact) mass is 155 g/mol. The van der Waals surface area contributed by atoms with Gasteiger partial charge in [0.1, 0.15) is 0 Å². The standard InChI is InChI=1S/C9H19N2/c1-2-3-7-10-9-6-4-5-8-11-9/h9-10H,2-8H2,1H3. The van der Waals surface area contributed by atoms with Gasteiger partial charge in [-0.15, -0.1) is 0 Å². The van der Waals surface area contributed by atoms with Crippen LogP contribution < -0.4 is 10.6 Å². The minimum Gasteiger partial charge on any atom is -0.301 e. The van der Waals surface area contributed by atoms with Crippen molar-refractivity contribution in [3.63, 3.8) is 0 Å². The van der Waals surface area contributed by atoms with Crippen molar-refractivity contribution in [1.82, 2.24) is 10.6 Å². The highest BCUT2D eigenvalue weighted by Gasteiger charge is 2.11. The molecule has 1 radical (unpaired) electrons. The van der Waals surface area contributed by atoms with Crippen LogP contribution in [0.25, 0.3) is 0 Å². The maximum absolute atomic E-state index is 4.49. The van der Waals surface area contributed by atoms with Gasteiger partial charge in [0.25, 0.3) is 0 Å². The van der Waals surface area contributed by atoms with E-state index in [9.17, 15) is 0 Å². The highest BCUT2D eigenvalue weighted by molar-refractivity contribution is 4.68. The van der Waals surface area contributed by atoms with Crippen molar-refractivity contribution in [2.24, 2.45) is 0 Å². The van der Waals surface area contributed by atoms with Gasteiger partial charge < -0.3 is 5.32 Å². The molecule has 0 aromatic heterocycles. The second-order valence-corrected chi connectivity index (χ2v) is 3.23. The Hall–Kier alpha value is -0.0800. The predicted molar refractivity (Wildman–Crippen MR) is 47.6 cm³/mol. The van der Waals surface area contributed by atoms with Crippen LogP contribution in [0.1, 0.15) is 39.0 Å². The molecule has 0 amide bonds. The summed E-state index contributed by atoms with van der Waals surface area (Å²) in [6, 6.07) is 0. The summed E-state index contributed by atoms with van der Waals surface area (Å²) < 4.78 is 0. The van der Waals surface area contributed by atoms with Gasteiger partial charge in [-0.25, -0.2) is 5.32 Å². The topological polar surface area (TPSA) is 26.1 Å². The maximum Gasteiger partial charge on any atom is 0.0735 e. The Balaban J connectivity index is 1.96. The molecule has 1 aliphatic rings. The van der Waals surface area contributed by atoms with Crippen LogP contribution in [-0.4, -0.2) is 19.3 Å². The number of rotatable bonds is 4. The second-order valence-electron chi connectivity index (χ2n) is 3.23. The lowest BCUT2D eigenvalue weighted by atomic mass is 10.1. The van der Waals surface area contributed by atoms with Crippen LogP contribution in [0.3, 0.4) is 0 Å². The molecule has 1 rings (SSSR count). The van der Waals surface area contributed by atoms with Crippen LogP contribution >= 0.6 is 0 Å². The number of unbranched alkanes of at least 4 members (excludes halogenated alkanes) is 1. The Morgan fingerprint density at radius 1 is 1.45 bits per heavy atom. The zero-order valence-corrected chi connectivity index (χ0v) is 7.47. The molecular weight excluding hydrogens is 136 g/mol. The van der Waals surface area contributed by atoms with Gasteiger partial charge in [-0.3, -0.25) is 0 Å². The number of nitrogens with zero attached hydrogens (tertiary/aromatic N) is 1. The van der Waals surface area contributed by atoms with Gasteiger partial charge >= 0.3 is 0 Å². The minimum atomic E-state index is 0.482. The number of hydrogen-bond acceptors (Lipinski definition) is 1. The Kier molecular flexibility index (Phi) is 4.55. The first-order valence-electron chi connectivity index (χ1n) is 4.83. The third-order valence-corrected chi connectivity index (χ3v) is 2.15. The van der Waals surface area contributed by atoms with Crippen molar-refractivity contribution in [3.05, 3.63) is 0 Å². The van der Waals surface area contributed by atoms with E-state index >= 15 is 0 Å². The number of nitrogens with one attached hydrogen (secondary N) is 1. The molecule has 65 valence electrons. The van der Waals surface area contributed by atoms with Crippen molar-refractivity contribution in [2.45, 2.75) is 45.2 Å². The second kappa shape index (κ2) is 5.56. The molecule has 2 nitrogen and oxygen atoms in total. The summed E-state index contributed by atoms with van der Waals surface area (Å²) in [6.45, 7) is 4.44. The summed E-state index contributed by atoms with van der Waals surface area (Å²) in [6.07, 6.45) is 6.95. The van der Waals surface area contributed by atoms with Gasteiger partial charge in [0, 0.05) is 6.54 Å². The van der Waals surface area contributed by atoms with Gasteiger partial charge in [0.2, 0.25) is 0 Å². The molecule has 1 unspecified atom stereocenters. The molecule has 0 spiro atoms. The molecule has 1 fully saturated rings. The van der Waals surface area contributed by atoms with Gasteiger partial charge in [0.15, 0.2) is 0 Å². The SMILES string of the molecule is CCCCNC1CCCC[N]1. The van der Waals surface area contributed by atoms with E-state index < -0.39 is 0 Å². The van der Waals surface area contributed by atoms with E-state index in [1.165, 1.54) is 32.1 Å². The van der Waals surface area contributed by atoms with Gasteiger partial charge in [-0.1, -0.05) is 13.3 Å². The van der Waals surface area contributed by atoms with E-state index in [0.29, 0.717) is 6.17 Å². The average Bonchev–Trinajstić information content (AvgIpc) is 2.07. The lowest BCUT2D eigenvalue weighted by Crippen LogP contribution is -2.40. The molecular formula is C9H19N2. The van der Waals surface area contributed by atoms with E-state index in [-0.39, 0.29) is 0 Å². The number of piperidine rings is 1. The Labute approximate surface area is 69.8 Å². The molecule has 0 aromatic carbocycles. The van der Waals surface area contributed by atoms with Crippen LogP contribution in [0.2, 0.25) is 0 Å². The fraction of sp³-hybridized carbons (Fsp3) is 1.00. The van der Waals surface area contributed by atoms with Gasteiger partial charge in [-0.2, -0.15) is 0 Å². The lowest BCUT2D eigenvalue weighted by Gasteiger charge is -2.22. The summed E-state index contributed by atoms with van der Waals surface area (Å²) >= 11 is 0. The first-order valence-corrected chi connectivity index (χ1v) is 4.83. The quantitative estimate of drug-likeness (QED) is 0.612. The van der Waals surface area contributed by atoms with E-state index in [4.69, 9.17) is 0 Å². The molecule has 1 atom stereocenters. The minimum absolute atomic E-state index is 0.482. The van der Waals surface area contributed by atoms with Gasteiger partial charge in [-0.05, 0) is 32.2 Å². The van der Waals surface area contributed by atoms with Crippen molar-refractivity contribution >= 4 is 0 Å². The molecule has 0 aliphatic carbocycles. The van der Waals surface area contributed by atoms with Crippen LogP contribution in [0.5, 0.6) is 0 Å². The van der Waals surface area contributed by atoms with Crippen LogP contribution in [0.15, 0.2) is 0 Å². The molecule has 1 heterocycles. The van der Waals surface area contributed by atoms with E-state index in [0.717, 1.165) is 13.1 Å². The third-order valence-electron chi connectivity index (χ3n) is 2.15. The average molecular weight is 155 g/mol. The van der Waals surface area contributed by atoms with Crippen molar-refractivity contribution in [2.75, 3.05) is 13.1 Å². The Bertz CT molecular complexity index is 87.6. The molecule has 0 saturated carbocycles. The van der Waals surface area contributed by atoms with Crippen LogP contribution in [0, 0.1) is 0 Å². The van der Waals surface area contributed by atoms with Crippen LogP contribution in [-0.2, 0) is 0 Å². The first kappa shape index (κ1) is 9.01. The first-order chi connectivity index (χ1) is 5.43. The summed E-state index contributed by atoms with van der Waals surface area (Å²) in [7, 11) is 0. The van der Waals surface area contributed by atoms with Crippen molar-refractivity contribution in [1.29, 1.82) is 0 Å². The van der Waals surface area contributed by atoms with Crippen molar-refractivity contribution in [3.8, 4) is 0 Å². The Morgan fingerprint density at radius 3 is 3.00 bits per heavy atom. The van der Waals surface area contributed by atoms with E-state index in [1.54, 1.807) is 0 Å². The lowest BCUT2D eigenvalue weighted by molar-refractivity contribution is 0.335. The predicted octanol–water partition coefficient (Wildman–Crippen LogP) is 1.49. The normalized spacial score (nSPS) is 25.4. The molecule has 1 aliphatic heterocycles. The Morgan fingerprint density at radius 2 is 2.36 bits per heavy atom. The van der Waals surface area contributed by atoms with Crippen LogP contribution in [0.4, 0.5) is 0 Å². The summed E-state index contributed by atoms with van der Waals surface area (Å²) in [5.74, 6) is 0. The highest BCUT2D eigenvalue weighted by atomic mass is 15.1. The van der Waals surface area contributed by atoms with Gasteiger partial charge in [0.05, 0.1) is 6.17 Å². The fourth-order valence-corrected chi connectivity index (χ4v) is 1.40. The maximum atomic E-state index is 4.49. The number of hydrogen-bond donors (Lipinski definition) is 1.